The van der Waals surface area contributed by atoms with Crippen molar-refractivity contribution in [1.29, 1.82) is 0 Å². The maximum atomic E-state index is 13.1. The molecule has 1 aliphatic carbocycles. The van der Waals surface area contributed by atoms with Crippen LogP contribution in [0.25, 0.3) is 0 Å². The average Bonchev–Trinajstić information content (AvgIpc) is 3.19. The molecular formula is C22H27FN4O5. The lowest BCUT2D eigenvalue weighted by atomic mass is 9.83. The SMILES string of the molecule is CC(C)C[C@H](NC(=O)[C@@H]1CCCC[C@@H]1NC(=O)c1ccc(F)cc1)C(=O)c1n[nH]c(=O)o1. The van der Waals surface area contributed by atoms with E-state index >= 15 is 0 Å². The van der Waals surface area contributed by atoms with Crippen molar-refractivity contribution in [1.82, 2.24) is 20.8 Å². The summed E-state index contributed by atoms with van der Waals surface area (Å²) in [6.45, 7) is 3.80. The van der Waals surface area contributed by atoms with Crippen molar-refractivity contribution < 1.29 is 23.2 Å². The van der Waals surface area contributed by atoms with Gasteiger partial charge in [-0.3, -0.25) is 14.4 Å². The second kappa shape index (κ2) is 10.3. The predicted molar refractivity (Wildman–Crippen MR) is 112 cm³/mol. The molecule has 10 heteroatoms. The molecule has 32 heavy (non-hydrogen) atoms. The zero-order chi connectivity index (χ0) is 23.3. The van der Waals surface area contributed by atoms with Gasteiger partial charge in [0.15, 0.2) is 0 Å². The molecule has 1 aliphatic rings. The van der Waals surface area contributed by atoms with E-state index in [2.05, 4.69) is 15.7 Å². The Balaban J connectivity index is 1.71. The number of Topliss-reactive ketones (excluding diaryl/α,β-unsaturated/α-hetero) is 1. The summed E-state index contributed by atoms with van der Waals surface area (Å²) in [5.41, 5.74) is 0.303. The van der Waals surface area contributed by atoms with Crippen LogP contribution in [0, 0.1) is 17.7 Å². The van der Waals surface area contributed by atoms with Crippen LogP contribution in [0.2, 0.25) is 0 Å². The fourth-order valence-corrected chi connectivity index (χ4v) is 3.94. The number of H-pyrrole nitrogens is 1. The molecule has 1 aromatic carbocycles. The van der Waals surface area contributed by atoms with Gasteiger partial charge in [-0.25, -0.2) is 14.3 Å². The molecule has 0 saturated heterocycles. The Hall–Kier alpha value is -3.30. The van der Waals surface area contributed by atoms with Gasteiger partial charge in [0.2, 0.25) is 11.7 Å². The van der Waals surface area contributed by atoms with Crippen molar-refractivity contribution in [2.24, 2.45) is 11.8 Å². The largest absolute Gasteiger partial charge is 0.434 e. The Kier molecular flexibility index (Phi) is 7.55. The zero-order valence-corrected chi connectivity index (χ0v) is 18.0. The number of aromatic amines is 1. The highest BCUT2D eigenvalue weighted by Crippen LogP contribution is 2.26. The van der Waals surface area contributed by atoms with Crippen LogP contribution in [-0.2, 0) is 4.79 Å². The fourth-order valence-electron chi connectivity index (χ4n) is 3.94. The molecule has 3 rings (SSSR count). The molecule has 1 aromatic heterocycles. The molecule has 1 saturated carbocycles. The molecule has 1 fully saturated rings. The summed E-state index contributed by atoms with van der Waals surface area (Å²) >= 11 is 0. The van der Waals surface area contributed by atoms with Crippen molar-refractivity contribution in [3.63, 3.8) is 0 Å². The van der Waals surface area contributed by atoms with E-state index in [1.807, 2.05) is 18.9 Å². The number of aromatic nitrogens is 2. The Bertz CT molecular complexity index is 1010. The lowest BCUT2D eigenvalue weighted by molar-refractivity contribution is -0.127. The highest BCUT2D eigenvalue weighted by molar-refractivity contribution is 5.99. The predicted octanol–water partition coefficient (Wildman–Crippen LogP) is 2.20. The lowest BCUT2D eigenvalue weighted by Crippen LogP contribution is -2.52. The minimum atomic E-state index is -0.913. The van der Waals surface area contributed by atoms with E-state index < -0.39 is 35.4 Å². The number of benzene rings is 1. The molecule has 3 atom stereocenters. The molecule has 0 unspecified atom stereocenters. The zero-order valence-electron chi connectivity index (χ0n) is 18.0. The van der Waals surface area contributed by atoms with Gasteiger partial charge in [-0.15, -0.1) is 5.10 Å². The van der Waals surface area contributed by atoms with Crippen LogP contribution >= 0.6 is 0 Å². The smallest absolute Gasteiger partial charge is 0.384 e. The van der Waals surface area contributed by atoms with Gasteiger partial charge in [-0.05, 0) is 49.4 Å². The lowest BCUT2D eigenvalue weighted by Gasteiger charge is -2.32. The first-order chi connectivity index (χ1) is 15.2. The Morgan fingerprint density at radius 1 is 1.19 bits per heavy atom. The molecular weight excluding hydrogens is 419 g/mol. The standard InChI is InChI=1S/C22H27FN4O5/c1-12(2)11-17(18(28)21-26-27-22(31)32-21)25-20(30)15-5-3-4-6-16(15)24-19(29)13-7-9-14(23)10-8-13/h7-10,12,15-17H,3-6,11H2,1-2H3,(H,24,29)(H,25,30)(H,27,31)/t15-,16+,17+/m1/s1. The minimum absolute atomic E-state index is 0.0789. The van der Waals surface area contributed by atoms with Crippen LogP contribution in [0.15, 0.2) is 33.5 Å². The molecule has 0 radical (unpaired) electrons. The molecule has 0 bridgehead atoms. The topological polar surface area (TPSA) is 134 Å². The number of nitrogens with zero attached hydrogens (tertiary/aromatic N) is 1. The molecule has 172 valence electrons. The van der Waals surface area contributed by atoms with Crippen LogP contribution < -0.4 is 16.4 Å². The number of carbonyl (C=O) groups excluding carboxylic acids is 3. The van der Waals surface area contributed by atoms with Crippen LogP contribution in [0.3, 0.4) is 0 Å². The first kappa shape index (κ1) is 23.4. The second-order valence-electron chi connectivity index (χ2n) is 8.45. The normalized spacial score (nSPS) is 19.4. The van der Waals surface area contributed by atoms with E-state index in [0.29, 0.717) is 24.8 Å². The summed E-state index contributed by atoms with van der Waals surface area (Å²) < 4.78 is 17.9. The maximum absolute atomic E-state index is 13.1. The minimum Gasteiger partial charge on any atom is -0.384 e. The number of hydrogen-bond donors (Lipinski definition) is 3. The van der Waals surface area contributed by atoms with Gasteiger partial charge < -0.3 is 15.1 Å². The van der Waals surface area contributed by atoms with Crippen molar-refractivity contribution >= 4 is 17.6 Å². The highest BCUT2D eigenvalue weighted by Gasteiger charge is 2.35. The molecule has 0 aliphatic heterocycles. The van der Waals surface area contributed by atoms with E-state index in [-0.39, 0.29) is 23.6 Å². The monoisotopic (exact) mass is 446 g/mol. The van der Waals surface area contributed by atoms with Gasteiger partial charge in [-0.2, -0.15) is 0 Å². The number of hydrogen-bond acceptors (Lipinski definition) is 6. The van der Waals surface area contributed by atoms with Gasteiger partial charge in [0.05, 0.1) is 12.0 Å². The van der Waals surface area contributed by atoms with Crippen molar-refractivity contribution in [3.8, 4) is 0 Å². The summed E-state index contributed by atoms with van der Waals surface area (Å²) in [6.07, 6.45) is 3.17. The maximum Gasteiger partial charge on any atom is 0.434 e. The van der Waals surface area contributed by atoms with E-state index in [1.54, 1.807) is 0 Å². The van der Waals surface area contributed by atoms with Crippen LogP contribution in [0.5, 0.6) is 0 Å². The summed E-state index contributed by atoms with van der Waals surface area (Å²) in [5, 5.41) is 11.3. The molecule has 2 aromatic rings. The van der Waals surface area contributed by atoms with Gasteiger partial charge >= 0.3 is 5.76 Å². The molecule has 2 amide bonds. The number of nitrogens with one attached hydrogen (secondary N) is 3. The number of carbonyl (C=O) groups is 3. The quantitative estimate of drug-likeness (QED) is 0.532. The Morgan fingerprint density at radius 2 is 1.88 bits per heavy atom. The van der Waals surface area contributed by atoms with E-state index in [1.165, 1.54) is 24.3 Å². The first-order valence-electron chi connectivity index (χ1n) is 10.7. The van der Waals surface area contributed by atoms with Crippen molar-refractivity contribution in [2.45, 2.75) is 58.0 Å². The Labute approximate surface area is 184 Å². The number of rotatable bonds is 8. The van der Waals surface area contributed by atoms with Gasteiger partial charge in [0, 0.05) is 11.6 Å². The molecule has 1 heterocycles. The van der Waals surface area contributed by atoms with Crippen LogP contribution in [0.1, 0.15) is 67.0 Å². The fraction of sp³-hybridized carbons (Fsp3) is 0.500. The van der Waals surface area contributed by atoms with Crippen LogP contribution in [0.4, 0.5) is 4.39 Å². The second-order valence-corrected chi connectivity index (χ2v) is 8.45. The van der Waals surface area contributed by atoms with E-state index in [4.69, 9.17) is 4.42 Å². The van der Waals surface area contributed by atoms with Gasteiger partial charge in [0.25, 0.3) is 11.8 Å². The third-order valence-corrected chi connectivity index (χ3v) is 5.51. The first-order valence-corrected chi connectivity index (χ1v) is 10.7. The third-order valence-electron chi connectivity index (χ3n) is 5.51. The van der Waals surface area contributed by atoms with E-state index in [9.17, 15) is 23.6 Å². The number of amides is 2. The summed E-state index contributed by atoms with van der Waals surface area (Å²) in [7, 11) is 0. The van der Waals surface area contributed by atoms with Gasteiger partial charge in [0.1, 0.15) is 5.82 Å². The van der Waals surface area contributed by atoms with Crippen molar-refractivity contribution in [3.05, 3.63) is 52.1 Å². The van der Waals surface area contributed by atoms with Crippen molar-refractivity contribution in [2.75, 3.05) is 0 Å². The summed E-state index contributed by atoms with van der Waals surface area (Å²) in [4.78, 5) is 49.7. The number of halogens is 1. The molecule has 0 spiro atoms. The summed E-state index contributed by atoms with van der Waals surface area (Å²) in [5.74, 6) is -3.45. The highest BCUT2D eigenvalue weighted by atomic mass is 19.1. The van der Waals surface area contributed by atoms with E-state index in [0.717, 1.165) is 12.8 Å². The number of ketones is 1. The third kappa shape index (κ3) is 5.89. The molecule has 3 N–H and O–H groups in total. The van der Waals surface area contributed by atoms with Crippen LogP contribution in [-0.4, -0.2) is 39.9 Å². The Morgan fingerprint density at radius 3 is 2.50 bits per heavy atom. The summed E-state index contributed by atoms with van der Waals surface area (Å²) in [6, 6.07) is 3.85. The van der Waals surface area contributed by atoms with Gasteiger partial charge in [-0.1, -0.05) is 26.7 Å². The average molecular weight is 446 g/mol. The molecule has 9 nitrogen and oxygen atoms in total.